The fourth-order valence-electron chi connectivity index (χ4n) is 3.37. The van der Waals surface area contributed by atoms with Gasteiger partial charge in [-0.15, -0.1) is 0 Å². The Morgan fingerprint density at radius 1 is 0.750 bits per heavy atom. The fraction of sp³-hybridized carbons (Fsp3) is 0.143. The second kappa shape index (κ2) is 6.96. The molecule has 0 radical (unpaired) electrons. The molecular formula is C21H15Cl3N2O2. The zero-order valence-corrected chi connectivity index (χ0v) is 17.3. The van der Waals surface area contributed by atoms with Gasteiger partial charge in [0.1, 0.15) is 16.1 Å². The molecule has 2 aromatic rings. The minimum Gasteiger partial charge on any atom is -0.286 e. The van der Waals surface area contributed by atoms with E-state index in [1.165, 1.54) is 9.80 Å². The number of hydrogen-bond donors (Lipinski definition) is 0. The highest BCUT2D eigenvalue weighted by molar-refractivity contribution is 6.59. The Bertz CT molecular complexity index is 1060. The van der Waals surface area contributed by atoms with Gasteiger partial charge in [-0.2, -0.15) is 0 Å². The third-order valence-corrected chi connectivity index (χ3v) is 6.07. The van der Waals surface area contributed by atoms with Crippen LogP contribution in [-0.4, -0.2) is 17.9 Å². The number of Topliss-reactive ketones (excluding diaryl/α,β-unsaturated/α-hetero) is 1. The van der Waals surface area contributed by atoms with E-state index in [0.717, 1.165) is 11.1 Å². The van der Waals surface area contributed by atoms with E-state index in [1.807, 2.05) is 50.2 Å². The van der Waals surface area contributed by atoms with Crippen LogP contribution in [0.3, 0.4) is 0 Å². The van der Waals surface area contributed by atoms with E-state index in [2.05, 4.69) is 0 Å². The summed E-state index contributed by atoms with van der Waals surface area (Å²) in [5, 5.41) is -0.200. The minimum absolute atomic E-state index is 0.0783. The summed E-state index contributed by atoms with van der Waals surface area (Å²) in [6, 6.07) is 13.7. The van der Waals surface area contributed by atoms with Gasteiger partial charge in [-0.05, 0) is 38.1 Å². The van der Waals surface area contributed by atoms with E-state index in [0.29, 0.717) is 17.1 Å². The molecule has 1 aliphatic carbocycles. The molecule has 0 spiro atoms. The fourth-order valence-corrected chi connectivity index (χ4v) is 4.18. The number of carbonyl (C=O) groups is 2. The quantitative estimate of drug-likeness (QED) is 0.597. The molecule has 1 heterocycles. The molecule has 1 saturated heterocycles. The second-order valence-corrected chi connectivity index (χ2v) is 7.92. The van der Waals surface area contributed by atoms with Crippen LogP contribution in [0, 0.1) is 13.8 Å². The van der Waals surface area contributed by atoms with Crippen molar-refractivity contribution in [2.24, 2.45) is 0 Å². The molecule has 28 heavy (non-hydrogen) atoms. The molecule has 4 rings (SSSR count). The van der Waals surface area contributed by atoms with E-state index < -0.39 is 11.8 Å². The zero-order chi connectivity index (χ0) is 20.2. The summed E-state index contributed by atoms with van der Waals surface area (Å²) in [6.07, 6.45) is 0. The molecule has 142 valence electrons. The number of anilines is 2. The standard InChI is InChI=1S/C21H15Cl3N2O2/c1-11-3-7-13(8-4-11)25-18-15(22)16(23)20(27)17(24)19(18)26(21(25)28)14-9-5-12(2)6-10-14/h3-10,18H,1-2H3. The van der Waals surface area contributed by atoms with Gasteiger partial charge in [-0.3, -0.25) is 14.6 Å². The smallest absolute Gasteiger partial charge is 0.286 e. The van der Waals surface area contributed by atoms with Crippen molar-refractivity contribution in [3.63, 3.8) is 0 Å². The van der Waals surface area contributed by atoms with Gasteiger partial charge in [0, 0.05) is 5.69 Å². The summed E-state index contributed by atoms with van der Waals surface area (Å²) < 4.78 is 0. The number of urea groups is 1. The number of hydrogen-bond acceptors (Lipinski definition) is 2. The van der Waals surface area contributed by atoms with Gasteiger partial charge in [-0.25, -0.2) is 4.79 Å². The summed E-state index contributed by atoms with van der Waals surface area (Å²) in [4.78, 5) is 28.9. The Morgan fingerprint density at radius 2 is 1.25 bits per heavy atom. The first-order valence-corrected chi connectivity index (χ1v) is 9.71. The average Bonchev–Trinajstić information content (AvgIpc) is 2.99. The summed E-state index contributed by atoms with van der Waals surface area (Å²) in [6.45, 7) is 3.91. The Balaban J connectivity index is 1.94. The predicted octanol–water partition coefficient (Wildman–Crippen LogP) is 5.84. The van der Waals surface area contributed by atoms with E-state index in [4.69, 9.17) is 34.8 Å². The maximum atomic E-state index is 13.5. The van der Waals surface area contributed by atoms with Crippen LogP contribution in [0.5, 0.6) is 0 Å². The monoisotopic (exact) mass is 432 g/mol. The lowest BCUT2D eigenvalue weighted by atomic mass is 10.0. The maximum absolute atomic E-state index is 13.5. The molecule has 2 amide bonds. The lowest BCUT2D eigenvalue weighted by Crippen LogP contribution is -2.36. The minimum atomic E-state index is -0.768. The zero-order valence-electron chi connectivity index (χ0n) is 15.0. The number of benzene rings is 2. The first kappa shape index (κ1) is 19.1. The van der Waals surface area contributed by atoms with Crippen LogP contribution in [0.25, 0.3) is 0 Å². The number of carbonyl (C=O) groups excluding carboxylic acids is 2. The van der Waals surface area contributed by atoms with Crippen LogP contribution in [0.15, 0.2) is 69.3 Å². The summed E-state index contributed by atoms with van der Waals surface area (Å²) in [7, 11) is 0. The van der Waals surface area contributed by atoms with Crippen LogP contribution in [0.1, 0.15) is 11.1 Å². The number of rotatable bonds is 2. The van der Waals surface area contributed by atoms with Gasteiger partial charge < -0.3 is 0 Å². The predicted molar refractivity (Wildman–Crippen MR) is 113 cm³/mol. The molecule has 2 aliphatic rings. The molecule has 0 bridgehead atoms. The van der Waals surface area contributed by atoms with Crippen molar-refractivity contribution in [3.8, 4) is 0 Å². The van der Waals surface area contributed by atoms with Crippen LogP contribution in [-0.2, 0) is 4.79 Å². The molecule has 4 nitrogen and oxygen atoms in total. The van der Waals surface area contributed by atoms with Gasteiger partial charge in [0.05, 0.1) is 16.4 Å². The molecular weight excluding hydrogens is 419 g/mol. The Hall–Kier alpha value is -2.27. The van der Waals surface area contributed by atoms with Crippen LogP contribution < -0.4 is 9.80 Å². The maximum Gasteiger partial charge on any atom is 0.334 e. The number of fused-ring (bicyclic) bond motifs is 1. The van der Waals surface area contributed by atoms with Crippen molar-refractivity contribution in [1.82, 2.24) is 0 Å². The van der Waals surface area contributed by atoms with Crippen molar-refractivity contribution in [1.29, 1.82) is 0 Å². The van der Waals surface area contributed by atoms with Crippen molar-refractivity contribution >= 4 is 58.0 Å². The van der Waals surface area contributed by atoms with E-state index in [1.54, 1.807) is 12.1 Å². The average molecular weight is 434 g/mol. The van der Waals surface area contributed by atoms with Crippen LogP contribution in [0.2, 0.25) is 0 Å². The lowest BCUT2D eigenvalue weighted by molar-refractivity contribution is -0.111. The molecule has 0 N–H and O–H groups in total. The summed E-state index contributed by atoms with van der Waals surface area (Å²) in [5.41, 5.74) is 3.64. The first-order chi connectivity index (χ1) is 13.3. The van der Waals surface area contributed by atoms with Gasteiger partial charge in [0.25, 0.3) is 0 Å². The molecule has 1 atom stereocenters. The largest absolute Gasteiger partial charge is 0.334 e. The molecule has 1 aliphatic heterocycles. The number of halogens is 3. The van der Waals surface area contributed by atoms with Gasteiger partial charge in [0.2, 0.25) is 5.78 Å². The van der Waals surface area contributed by atoms with Gasteiger partial charge in [-0.1, -0.05) is 70.2 Å². The van der Waals surface area contributed by atoms with E-state index >= 15 is 0 Å². The van der Waals surface area contributed by atoms with Gasteiger partial charge >= 0.3 is 6.03 Å². The third-order valence-electron chi connectivity index (χ3n) is 4.83. The second-order valence-electron chi connectivity index (χ2n) is 6.75. The molecule has 0 saturated carbocycles. The van der Waals surface area contributed by atoms with Crippen LogP contribution >= 0.6 is 34.8 Å². The lowest BCUT2D eigenvalue weighted by Gasteiger charge is -2.26. The topological polar surface area (TPSA) is 40.6 Å². The van der Waals surface area contributed by atoms with Crippen molar-refractivity contribution in [2.75, 3.05) is 9.80 Å². The molecule has 0 aromatic heterocycles. The Morgan fingerprint density at radius 3 is 1.79 bits per heavy atom. The normalized spacial score (nSPS) is 19.7. The number of aryl methyl sites for hydroxylation is 2. The highest BCUT2D eigenvalue weighted by Gasteiger charge is 2.50. The van der Waals surface area contributed by atoms with Crippen LogP contribution in [0.4, 0.5) is 16.2 Å². The number of ketones is 1. The molecule has 7 heteroatoms. The molecule has 1 fully saturated rings. The third kappa shape index (κ3) is 2.84. The number of amides is 2. The first-order valence-electron chi connectivity index (χ1n) is 8.57. The number of allylic oxidation sites excluding steroid dienone is 2. The summed E-state index contributed by atoms with van der Waals surface area (Å²) >= 11 is 19.0. The Labute approximate surface area is 177 Å². The highest BCUT2D eigenvalue weighted by atomic mass is 35.5. The molecule has 2 aromatic carbocycles. The van der Waals surface area contributed by atoms with Crippen molar-refractivity contribution in [3.05, 3.63) is 80.5 Å². The summed E-state index contributed by atoms with van der Waals surface area (Å²) in [5.74, 6) is -0.588. The van der Waals surface area contributed by atoms with E-state index in [-0.39, 0.29) is 21.1 Å². The number of nitrogens with zero attached hydrogens (tertiary/aromatic N) is 2. The van der Waals surface area contributed by atoms with Crippen molar-refractivity contribution in [2.45, 2.75) is 19.9 Å². The highest BCUT2D eigenvalue weighted by Crippen LogP contribution is 2.46. The van der Waals surface area contributed by atoms with E-state index in [9.17, 15) is 9.59 Å². The van der Waals surface area contributed by atoms with Crippen molar-refractivity contribution < 1.29 is 9.59 Å². The molecule has 1 unspecified atom stereocenters. The Kier molecular flexibility index (Phi) is 4.74. The van der Waals surface area contributed by atoms with Gasteiger partial charge in [0.15, 0.2) is 0 Å². The SMILES string of the molecule is Cc1ccc(N2C(=O)N(c3ccc(C)cc3)C3C(Cl)=C(Cl)C(=O)C(Cl)=C32)cc1.